The van der Waals surface area contributed by atoms with Crippen LogP contribution in [0.15, 0.2) is 12.1 Å². The summed E-state index contributed by atoms with van der Waals surface area (Å²) in [5.41, 5.74) is 1.96. The average molecular weight is 259 g/mol. The number of hydrogen-bond donors (Lipinski definition) is 0. The van der Waals surface area contributed by atoms with E-state index in [4.69, 9.17) is 0 Å². The highest BCUT2D eigenvalue weighted by Gasteiger charge is 2.17. The van der Waals surface area contributed by atoms with Crippen LogP contribution in [0.2, 0.25) is 0 Å². The topological polar surface area (TPSA) is 17.1 Å². The van der Waals surface area contributed by atoms with Crippen LogP contribution in [0, 0.1) is 19.7 Å². The Morgan fingerprint density at radius 1 is 1.36 bits per heavy atom. The van der Waals surface area contributed by atoms with Crippen LogP contribution in [-0.4, -0.2) is 10.6 Å². The molecule has 1 nitrogen and oxygen atoms in total. The predicted octanol–water partition coefficient (Wildman–Crippen LogP) is 3.41. The Morgan fingerprint density at radius 3 is 2.36 bits per heavy atom. The van der Waals surface area contributed by atoms with Crippen molar-refractivity contribution in [2.45, 2.75) is 25.6 Å². The molecule has 0 saturated carbocycles. The SMILES string of the molecule is Cc1cc(F)c(C(=O)C(C)Br)cc1C. The monoisotopic (exact) mass is 258 g/mol. The molecule has 0 aliphatic heterocycles. The van der Waals surface area contributed by atoms with Crippen LogP contribution in [0.3, 0.4) is 0 Å². The van der Waals surface area contributed by atoms with Crippen molar-refractivity contribution in [1.82, 2.24) is 0 Å². The fraction of sp³-hybridized carbons (Fsp3) is 0.364. The zero-order valence-corrected chi connectivity index (χ0v) is 9.98. The summed E-state index contributed by atoms with van der Waals surface area (Å²) >= 11 is 3.14. The largest absolute Gasteiger partial charge is 0.293 e. The molecular formula is C11H12BrFO. The van der Waals surface area contributed by atoms with Gasteiger partial charge in [0.25, 0.3) is 0 Å². The van der Waals surface area contributed by atoms with Crippen LogP contribution in [0.5, 0.6) is 0 Å². The first-order valence-corrected chi connectivity index (χ1v) is 5.30. The maximum absolute atomic E-state index is 13.4. The van der Waals surface area contributed by atoms with Crippen molar-refractivity contribution < 1.29 is 9.18 Å². The number of rotatable bonds is 2. The van der Waals surface area contributed by atoms with Crippen molar-refractivity contribution in [1.29, 1.82) is 0 Å². The van der Waals surface area contributed by atoms with Crippen LogP contribution in [-0.2, 0) is 0 Å². The summed E-state index contributed by atoms with van der Waals surface area (Å²) in [4.78, 5) is 11.2. The normalized spacial score (nSPS) is 12.6. The minimum absolute atomic E-state index is 0.164. The second kappa shape index (κ2) is 4.22. The summed E-state index contributed by atoms with van der Waals surface area (Å²) < 4.78 is 13.4. The van der Waals surface area contributed by atoms with Crippen LogP contribution in [0.4, 0.5) is 4.39 Å². The zero-order chi connectivity index (χ0) is 10.9. The Labute approximate surface area is 91.5 Å². The molecule has 0 heterocycles. The fourth-order valence-electron chi connectivity index (χ4n) is 1.18. The molecule has 1 atom stereocenters. The van der Waals surface area contributed by atoms with Gasteiger partial charge in [-0.15, -0.1) is 0 Å². The standard InChI is InChI=1S/C11H12BrFO/c1-6-4-9(11(14)8(3)12)10(13)5-7(6)2/h4-5,8H,1-3H3. The molecule has 3 heteroatoms. The predicted molar refractivity (Wildman–Crippen MR) is 58.6 cm³/mol. The van der Waals surface area contributed by atoms with Gasteiger partial charge in [0, 0.05) is 0 Å². The maximum atomic E-state index is 13.4. The third-order valence-electron chi connectivity index (χ3n) is 2.21. The van der Waals surface area contributed by atoms with Crippen molar-refractivity contribution in [3.8, 4) is 0 Å². The first-order chi connectivity index (χ1) is 6.43. The molecule has 1 aromatic carbocycles. The third-order valence-corrected chi connectivity index (χ3v) is 2.63. The minimum Gasteiger partial charge on any atom is -0.293 e. The summed E-state index contributed by atoms with van der Waals surface area (Å²) in [5, 5.41) is 0. The molecule has 0 bridgehead atoms. The van der Waals surface area contributed by atoms with Gasteiger partial charge in [0.1, 0.15) is 5.82 Å². The van der Waals surface area contributed by atoms with Crippen LogP contribution >= 0.6 is 15.9 Å². The number of carbonyl (C=O) groups excluding carboxylic acids is 1. The van der Waals surface area contributed by atoms with Crippen LogP contribution in [0.1, 0.15) is 28.4 Å². The van der Waals surface area contributed by atoms with Gasteiger partial charge in [-0.1, -0.05) is 15.9 Å². The summed E-state index contributed by atoms with van der Waals surface area (Å²) in [6.45, 7) is 5.38. The van der Waals surface area contributed by atoms with E-state index in [1.165, 1.54) is 6.07 Å². The van der Waals surface area contributed by atoms with E-state index in [2.05, 4.69) is 15.9 Å². The zero-order valence-electron chi connectivity index (χ0n) is 8.40. The number of ketones is 1. The van der Waals surface area contributed by atoms with Crippen LogP contribution < -0.4 is 0 Å². The van der Waals surface area contributed by atoms with E-state index in [0.717, 1.165) is 11.1 Å². The summed E-state index contributed by atoms with van der Waals surface area (Å²) in [7, 11) is 0. The second-order valence-electron chi connectivity index (χ2n) is 3.40. The Balaban J connectivity index is 3.22. The number of benzene rings is 1. The lowest BCUT2D eigenvalue weighted by Crippen LogP contribution is -2.12. The Bertz CT molecular complexity index is 372. The lowest BCUT2D eigenvalue weighted by atomic mass is 10.0. The molecule has 0 aliphatic carbocycles. The average Bonchev–Trinajstić information content (AvgIpc) is 2.10. The first-order valence-electron chi connectivity index (χ1n) is 4.38. The summed E-state index contributed by atoms with van der Waals surface area (Å²) in [5.74, 6) is -0.657. The molecule has 0 aliphatic rings. The van der Waals surface area contributed by atoms with E-state index in [0.29, 0.717) is 0 Å². The van der Waals surface area contributed by atoms with Gasteiger partial charge in [-0.25, -0.2) is 4.39 Å². The molecule has 0 saturated heterocycles. The highest BCUT2D eigenvalue weighted by molar-refractivity contribution is 9.10. The summed E-state index contributed by atoms with van der Waals surface area (Å²) in [6, 6.07) is 3.00. The second-order valence-corrected chi connectivity index (χ2v) is 4.77. The highest BCUT2D eigenvalue weighted by Crippen LogP contribution is 2.18. The first kappa shape index (κ1) is 11.4. The van der Waals surface area contributed by atoms with Gasteiger partial charge >= 0.3 is 0 Å². The van der Waals surface area contributed by atoms with E-state index < -0.39 is 5.82 Å². The van der Waals surface area contributed by atoms with E-state index in [1.54, 1.807) is 13.0 Å². The molecule has 0 N–H and O–H groups in total. The van der Waals surface area contributed by atoms with Gasteiger partial charge in [-0.3, -0.25) is 4.79 Å². The molecule has 76 valence electrons. The molecule has 0 fully saturated rings. The minimum atomic E-state index is -0.440. The van der Waals surface area contributed by atoms with Gasteiger partial charge in [0.05, 0.1) is 10.4 Å². The number of Topliss-reactive ketones (excluding diaryl/α,β-unsaturated/α-hetero) is 1. The van der Waals surface area contributed by atoms with Crippen molar-refractivity contribution in [2.75, 3.05) is 0 Å². The Hall–Kier alpha value is -0.700. The molecule has 1 aromatic rings. The van der Waals surface area contributed by atoms with Gasteiger partial charge < -0.3 is 0 Å². The Morgan fingerprint density at radius 2 is 1.86 bits per heavy atom. The fourth-order valence-corrected chi connectivity index (χ4v) is 1.43. The van der Waals surface area contributed by atoms with Crippen molar-refractivity contribution >= 4 is 21.7 Å². The molecule has 0 aromatic heterocycles. The number of carbonyl (C=O) groups is 1. The summed E-state index contributed by atoms with van der Waals surface area (Å²) in [6.07, 6.45) is 0. The van der Waals surface area contributed by atoms with Crippen molar-refractivity contribution in [2.24, 2.45) is 0 Å². The molecule has 0 radical (unpaired) electrons. The highest BCUT2D eigenvalue weighted by atomic mass is 79.9. The number of alkyl halides is 1. The third kappa shape index (κ3) is 2.21. The van der Waals surface area contributed by atoms with Crippen LogP contribution in [0.25, 0.3) is 0 Å². The van der Waals surface area contributed by atoms with Gasteiger partial charge in [0.2, 0.25) is 0 Å². The number of hydrogen-bond acceptors (Lipinski definition) is 1. The lowest BCUT2D eigenvalue weighted by Gasteiger charge is -2.07. The van der Waals surface area contributed by atoms with E-state index in [-0.39, 0.29) is 16.2 Å². The van der Waals surface area contributed by atoms with E-state index in [9.17, 15) is 9.18 Å². The molecule has 1 rings (SSSR count). The van der Waals surface area contributed by atoms with Crippen molar-refractivity contribution in [3.05, 3.63) is 34.6 Å². The lowest BCUT2D eigenvalue weighted by molar-refractivity contribution is 0.0992. The van der Waals surface area contributed by atoms with Gasteiger partial charge in [-0.2, -0.15) is 0 Å². The van der Waals surface area contributed by atoms with Gasteiger partial charge in [-0.05, 0) is 44.0 Å². The smallest absolute Gasteiger partial charge is 0.179 e. The molecule has 0 amide bonds. The quantitative estimate of drug-likeness (QED) is 0.587. The molecule has 14 heavy (non-hydrogen) atoms. The van der Waals surface area contributed by atoms with Gasteiger partial charge in [0.15, 0.2) is 5.78 Å². The molecule has 0 spiro atoms. The number of halogens is 2. The van der Waals surface area contributed by atoms with E-state index in [1.807, 2.05) is 13.8 Å². The number of aryl methyl sites for hydroxylation is 2. The molecular weight excluding hydrogens is 247 g/mol. The molecule has 1 unspecified atom stereocenters. The van der Waals surface area contributed by atoms with Crippen molar-refractivity contribution in [3.63, 3.8) is 0 Å². The Kier molecular flexibility index (Phi) is 3.43. The maximum Gasteiger partial charge on any atom is 0.179 e. The van der Waals surface area contributed by atoms with E-state index >= 15 is 0 Å².